The minimum atomic E-state index is -0.632. The number of hydrogen-bond acceptors (Lipinski definition) is 3. The Balaban J connectivity index is 2.08. The van der Waals surface area contributed by atoms with Gasteiger partial charge in [0.1, 0.15) is 0 Å². The van der Waals surface area contributed by atoms with Crippen LogP contribution in [0.5, 0.6) is 0 Å². The van der Waals surface area contributed by atoms with Gasteiger partial charge in [0, 0.05) is 17.8 Å². The average Bonchev–Trinajstić information content (AvgIpc) is 2.49. The van der Waals surface area contributed by atoms with Crippen LogP contribution in [-0.2, 0) is 0 Å². The first-order valence-electron chi connectivity index (χ1n) is 6.78. The number of pyridine rings is 1. The van der Waals surface area contributed by atoms with Crippen LogP contribution in [0.15, 0.2) is 42.7 Å². The first-order valence-corrected chi connectivity index (χ1v) is 7.16. The van der Waals surface area contributed by atoms with Gasteiger partial charge in [-0.15, -0.1) is 0 Å². The van der Waals surface area contributed by atoms with Gasteiger partial charge in [-0.2, -0.15) is 0 Å². The molecule has 0 spiro atoms. The molecule has 6 heteroatoms. The summed E-state index contributed by atoms with van der Waals surface area (Å²) in [6.45, 7) is 0.356. The molecule has 0 aliphatic heterocycles. The Morgan fingerprint density at radius 2 is 2.00 bits per heavy atom. The van der Waals surface area contributed by atoms with Crippen molar-refractivity contribution in [1.29, 1.82) is 0 Å². The molecule has 1 atom stereocenters. The van der Waals surface area contributed by atoms with Crippen LogP contribution in [0.25, 0.3) is 0 Å². The number of amides is 1. The predicted octanol–water partition coefficient (Wildman–Crippen LogP) is 2.91. The molecule has 1 aromatic carbocycles. The average molecular weight is 322 g/mol. The molecular weight excluding hydrogens is 305 g/mol. The Morgan fingerprint density at radius 3 is 2.59 bits per heavy atom. The standard InChI is InChI=1S/C16H17ClFN3O/c1-21(2)15(11-3-5-12(17)6-4-11)10-20-16(22)13-7-8-19-9-14(13)18/h3-9,15H,10H2,1-2H3,(H,20,22)/t15-/m0/s1. The van der Waals surface area contributed by atoms with Crippen molar-refractivity contribution in [3.8, 4) is 0 Å². The maximum atomic E-state index is 13.5. The highest BCUT2D eigenvalue weighted by atomic mass is 35.5. The molecule has 0 saturated carbocycles. The van der Waals surface area contributed by atoms with Gasteiger partial charge in [-0.05, 0) is 37.9 Å². The van der Waals surface area contributed by atoms with Gasteiger partial charge in [-0.3, -0.25) is 9.78 Å². The van der Waals surface area contributed by atoms with Gasteiger partial charge in [-0.1, -0.05) is 23.7 Å². The van der Waals surface area contributed by atoms with Crippen LogP contribution in [0, 0.1) is 5.82 Å². The number of carbonyl (C=O) groups excluding carboxylic acids is 1. The molecule has 2 rings (SSSR count). The van der Waals surface area contributed by atoms with E-state index in [0.717, 1.165) is 11.8 Å². The first-order chi connectivity index (χ1) is 10.5. The fraction of sp³-hybridized carbons (Fsp3) is 0.250. The molecule has 4 nitrogen and oxygen atoms in total. The molecule has 22 heavy (non-hydrogen) atoms. The highest BCUT2D eigenvalue weighted by Crippen LogP contribution is 2.20. The van der Waals surface area contributed by atoms with E-state index in [-0.39, 0.29) is 11.6 Å². The van der Waals surface area contributed by atoms with Crippen molar-refractivity contribution in [3.63, 3.8) is 0 Å². The van der Waals surface area contributed by atoms with Gasteiger partial charge in [0.2, 0.25) is 0 Å². The summed E-state index contributed by atoms with van der Waals surface area (Å²) in [6.07, 6.45) is 2.41. The summed E-state index contributed by atoms with van der Waals surface area (Å²) in [4.78, 5) is 17.7. The van der Waals surface area contributed by atoms with E-state index in [0.29, 0.717) is 11.6 Å². The maximum absolute atomic E-state index is 13.5. The number of benzene rings is 1. The molecule has 1 aromatic heterocycles. The fourth-order valence-electron chi connectivity index (χ4n) is 2.13. The van der Waals surface area contributed by atoms with Crippen LogP contribution < -0.4 is 5.32 Å². The van der Waals surface area contributed by atoms with Crippen molar-refractivity contribution < 1.29 is 9.18 Å². The molecule has 116 valence electrons. The van der Waals surface area contributed by atoms with Gasteiger partial charge in [0.15, 0.2) is 5.82 Å². The Labute approximate surface area is 133 Å². The Hall–Kier alpha value is -1.98. The van der Waals surface area contributed by atoms with Gasteiger partial charge in [0.25, 0.3) is 5.91 Å². The molecular formula is C16H17ClFN3O. The molecule has 2 aromatic rings. The van der Waals surface area contributed by atoms with E-state index in [1.807, 2.05) is 31.1 Å². The van der Waals surface area contributed by atoms with Crippen LogP contribution >= 0.6 is 11.6 Å². The zero-order valence-corrected chi connectivity index (χ0v) is 13.1. The Bertz CT molecular complexity index is 646. The van der Waals surface area contributed by atoms with Crippen molar-refractivity contribution in [1.82, 2.24) is 15.2 Å². The molecule has 0 bridgehead atoms. The summed E-state index contributed by atoms with van der Waals surface area (Å²) in [5.41, 5.74) is 1.01. The maximum Gasteiger partial charge on any atom is 0.254 e. The molecule has 1 heterocycles. The molecule has 1 amide bonds. The third kappa shape index (κ3) is 4.02. The van der Waals surface area contributed by atoms with E-state index in [2.05, 4.69) is 10.3 Å². The number of carbonyl (C=O) groups is 1. The zero-order valence-electron chi connectivity index (χ0n) is 12.4. The van der Waals surface area contributed by atoms with Crippen LogP contribution in [0.4, 0.5) is 4.39 Å². The van der Waals surface area contributed by atoms with Crippen molar-refractivity contribution >= 4 is 17.5 Å². The quantitative estimate of drug-likeness (QED) is 0.921. The summed E-state index contributed by atoms with van der Waals surface area (Å²) >= 11 is 5.89. The number of nitrogens with zero attached hydrogens (tertiary/aromatic N) is 2. The lowest BCUT2D eigenvalue weighted by molar-refractivity contribution is 0.0937. The summed E-state index contributed by atoms with van der Waals surface area (Å²) in [6, 6.07) is 8.75. The monoisotopic (exact) mass is 321 g/mol. The molecule has 0 radical (unpaired) electrons. The molecule has 0 saturated heterocycles. The Morgan fingerprint density at radius 1 is 1.32 bits per heavy atom. The summed E-state index contributed by atoms with van der Waals surface area (Å²) in [5, 5.41) is 3.41. The van der Waals surface area contributed by atoms with Gasteiger partial charge in [0.05, 0.1) is 17.8 Å². The van der Waals surface area contributed by atoms with E-state index >= 15 is 0 Å². The fourth-order valence-corrected chi connectivity index (χ4v) is 2.25. The number of halogens is 2. The third-order valence-corrected chi connectivity index (χ3v) is 3.60. The molecule has 0 aliphatic carbocycles. The number of nitrogens with one attached hydrogen (secondary N) is 1. The SMILES string of the molecule is CN(C)[C@@H](CNC(=O)c1ccncc1F)c1ccc(Cl)cc1. The van der Waals surface area contributed by atoms with E-state index in [4.69, 9.17) is 11.6 Å². The second-order valence-corrected chi connectivity index (χ2v) is 5.53. The minimum absolute atomic E-state index is 0.0105. The topological polar surface area (TPSA) is 45.2 Å². The molecule has 0 aliphatic rings. The lowest BCUT2D eigenvalue weighted by atomic mass is 10.1. The number of rotatable bonds is 5. The highest BCUT2D eigenvalue weighted by molar-refractivity contribution is 6.30. The van der Waals surface area contributed by atoms with E-state index in [9.17, 15) is 9.18 Å². The normalized spacial score (nSPS) is 12.2. The predicted molar refractivity (Wildman–Crippen MR) is 84.4 cm³/mol. The summed E-state index contributed by atoms with van der Waals surface area (Å²) in [5.74, 6) is -1.09. The largest absolute Gasteiger partial charge is 0.350 e. The van der Waals surface area contributed by atoms with E-state index in [1.54, 1.807) is 12.1 Å². The second kappa shape index (κ2) is 7.33. The van der Waals surface area contributed by atoms with Crippen LogP contribution in [0.2, 0.25) is 5.02 Å². The molecule has 0 fully saturated rings. The van der Waals surface area contributed by atoms with Gasteiger partial charge >= 0.3 is 0 Å². The molecule has 1 N–H and O–H groups in total. The van der Waals surface area contributed by atoms with Crippen molar-refractivity contribution in [3.05, 3.63) is 64.7 Å². The van der Waals surface area contributed by atoms with Gasteiger partial charge < -0.3 is 10.2 Å². The number of hydrogen-bond donors (Lipinski definition) is 1. The third-order valence-electron chi connectivity index (χ3n) is 3.35. The van der Waals surface area contributed by atoms with Crippen molar-refractivity contribution in [2.45, 2.75) is 6.04 Å². The lowest BCUT2D eigenvalue weighted by Gasteiger charge is -2.25. The summed E-state index contributed by atoms with van der Waals surface area (Å²) in [7, 11) is 3.83. The van der Waals surface area contributed by atoms with Crippen molar-refractivity contribution in [2.75, 3.05) is 20.6 Å². The molecule has 0 unspecified atom stereocenters. The second-order valence-electron chi connectivity index (χ2n) is 5.10. The smallest absolute Gasteiger partial charge is 0.254 e. The van der Waals surface area contributed by atoms with Crippen LogP contribution in [-0.4, -0.2) is 36.4 Å². The van der Waals surface area contributed by atoms with E-state index < -0.39 is 11.7 Å². The first kappa shape index (κ1) is 16.4. The van der Waals surface area contributed by atoms with E-state index in [1.165, 1.54) is 12.3 Å². The highest BCUT2D eigenvalue weighted by Gasteiger charge is 2.17. The van der Waals surface area contributed by atoms with Crippen LogP contribution in [0.3, 0.4) is 0 Å². The Kier molecular flexibility index (Phi) is 5.46. The minimum Gasteiger partial charge on any atom is -0.350 e. The number of likely N-dealkylation sites (N-methyl/N-ethyl adjacent to an activating group) is 1. The lowest BCUT2D eigenvalue weighted by Crippen LogP contribution is -2.34. The summed E-state index contributed by atoms with van der Waals surface area (Å²) < 4.78 is 13.5. The van der Waals surface area contributed by atoms with Crippen LogP contribution in [0.1, 0.15) is 22.0 Å². The van der Waals surface area contributed by atoms with Gasteiger partial charge in [-0.25, -0.2) is 4.39 Å². The number of aromatic nitrogens is 1. The zero-order chi connectivity index (χ0) is 16.1. The van der Waals surface area contributed by atoms with Crippen molar-refractivity contribution in [2.24, 2.45) is 0 Å².